The van der Waals surface area contributed by atoms with Crippen molar-refractivity contribution in [2.75, 3.05) is 36.9 Å². The van der Waals surface area contributed by atoms with Crippen molar-refractivity contribution in [3.05, 3.63) is 82.5 Å². The second kappa shape index (κ2) is 16.5. The molecule has 1 atom stereocenters. The summed E-state index contributed by atoms with van der Waals surface area (Å²) in [5.41, 5.74) is 22.2. The summed E-state index contributed by atoms with van der Waals surface area (Å²) in [6, 6.07) is 9.19. The van der Waals surface area contributed by atoms with Gasteiger partial charge in [-0.1, -0.05) is 12.2 Å². The number of nitrogens with two attached hydrogens (primary N) is 3. The smallest absolute Gasteiger partial charge is 0.276 e. The predicted molar refractivity (Wildman–Crippen MR) is 226 cm³/mol. The minimum absolute atomic E-state index is 0.0710. The minimum atomic E-state index is -0.684. The molecule has 4 amide bonds. The zero-order valence-electron chi connectivity index (χ0n) is 34.3. The molecule has 1 fully saturated rings. The van der Waals surface area contributed by atoms with Crippen molar-refractivity contribution in [3.63, 3.8) is 0 Å². The van der Waals surface area contributed by atoms with E-state index in [0.717, 1.165) is 6.42 Å². The summed E-state index contributed by atoms with van der Waals surface area (Å²) >= 11 is 0. The summed E-state index contributed by atoms with van der Waals surface area (Å²) in [5, 5.41) is 14.8. The molecule has 20 heteroatoms. The third-order valence-corrected chi connectivity index (χ3v) is 10.9. The lowest BCUT2D eigenvalue weighted by Crippen LogP contribution is -2.43. The maximum atomic E-state index is 13.8. The summed E-state index contributed by atoms with van der Waals surface area (Å²) in [5.74, 6) is -1.22. The third kappa shape index (κ3) is 8.01. The van der Waals surface area contributed by atoms with Gasteiger partial charge in [0.1, 0.15) is 47.1 Å². The van der Waals surface area contributed by atoms with Crippen LogP contribution in [0.4, 0.5) is 11.9 Å². The summed E-state index contributed by atoms with van der Waals surface area (Å²) in [4.78, 5) is 64.7. The lowest BCUT2D eigenvalue weighted by molar-refractivity contribution is 0.0991. The second-order valence-corrected chi connectivity index (χ2v) is 15.2. The van der Waals surface area contributed by atoms with E-state index in [1.165, 1.54) is 0 Å². The lowest BCUT2D eigenvalue weighted by Gasteiger charge is -2.28. The molecule has 8 rings (SSSR count). The van der Waals surface area contributed by atoms with Crippen molar-refractivity contribution >= 4 is 57.6 Å². The molecule has 0 bridgehead atoms. The average Bonchev–Trinajstić information content (AvgIpc) is 4.06. The van der Waals surface area contributed by atoms with Crippen LogP contribution in [0.15, 0.2) is 48.6 Å². The highest BCUT2D eigenvalue weighted by atomic mass is 16.5. The van der Waals surface area contributed by atoms with Crippen LogP contribution in [0.2, 0.25) is 0 Å². The molecule has 1 unspecified atom stereocenters. The van der Waals surface area contributed by atoms with Crippen LogP contribution in [0.3, 0.4) is 0 Å². The van der Waals surface area contributed by atoms with Crippen LogP contribution in [-0.4, -0.2) is 106 Å². The van der Waals surface area contributed by atoms with Crippen molar-refractivity contribution < 1.29 is 28.7 Å². The third-order valence-electron chi connectivity index (χ3n) is 10.9. The van der Waals surface area contributed by atoms with Crippen molar-refractivity contribution in [2.24, 2.45) is 17.2 Å². The van der Waals surface area contributed by atoms with E-state index in [0.29, 0.717) is 82.5 Å². The molecule has 2 aliphatic rings. The average molecular weight is 833 g/mol. The number of rotatable bonds is 9. The Labute approximate surface area is 349 Å². The molecule has 0 radical (unpaired) electrons. The quantitative estimate of drug-likeness (QED) is 0.132. The molecule has 318 valence electrons. The van der Waals surface area contributed by atoms with Crippen molar-refractivity contribution in [1.29, 1.82) is 0 Å². The summed E-state index contributed by atoms with van der Waals surface area (Å²) in [6.07, 6.45) is 4.48. The van der Waals surface area contributed by atoms with Crippen LogP contribution >= 0.6 is 0 Å². The van der Waals surface area contributed by atoms with E-state index in [9.17, 15) is 19.2 Å². The number of aryl methyl sites for hydroxylation is 4. The standard InChI is InChI=1S/C41H48N14O6/c1-5-54-30(13-22(3)49-54)38(58)47-40-45-28-15-24(36(43)56)17-32-34(28)52(40)10-7-8-11-53-35-29(46-41(53)48-39(59)31-14-23(4)50-55(31)6-2)16-25(37(44)57)18-33(35)61-21-27(20-60-32)51-12-9-26(42)19-51/h7-8,13-18,26-27H,5-6,9-12,19-21,42H2,1-4H3,(H2,43,56)(H2,44,57)(H,45,47,58)(H,46,48,59)/b8-7+. The molecule has 2 aliphatic heterocycles. The van der Waals surface area contributed by atoms with E-state index in [2.05, 4.69) is 25.7 Å². The van der Waals surface area contributed by atoms with Gasteiger partial charge in [0.25, 0.3) is 11.8 Å². The van der Waals surface area contributed by atoms with E-state index < -0.39 is 29.7 Å². The van der Waals surface area contributed by atoms with Gasteiger partial charge < -0.3 is 35.8 Å². The molecule has 6 heterocycles. The van der Waals surface area contributed by atoms with Crippen LogP contribution in [0, 0.1) is 13.8 Å². The zero-order valence-corrected chi connectivity index (χ0v) is 34.3. The number of imidazole rings is 2. The molecular formula is C41H48N14O6. The Morgan fingerprint density at radius 1 is 0.721 bits per heavy atom. The summed E-state index contributed by atoms with van der Waals surface area (Å²) in [7, 11) is 0. The lowest BCUT2D eigenvalue weighted by atomic mass is 10.1. The fraction of sp³-hybridized carbons (Fsp3) is 0.366. The number of allylic oxidation sites excluding steroid dienone is 2. The van der Waals surface area contributed by atoms with Gasteiger partial charge in [-0.2, -0.15) is 10.2 Å². The van der Waals surface area contributed by atoms with E-state index >= 15 is 0 Å². The van der Waals surface area contributed by atoms with Gasteiger partial charge in [-0.3, -0.25) is 44.1 Å². The SMILES string of the molecule is CCn1nc(C)cc1C(=O)Nc1nc2cc(C(N)=O)cc3c2n1C/C=C/Cn1c(NC(=O)c2cc(C)nn2CC)nc2cc(C(N)=O)cc(c21)OCC(N1CCC(N)C1)CO3. The van der Waals surface area contributed by atoms with Gasteiger partial charge in [-0.25, -0.2) is 9.97 Å². The van der Waals surface area contributed by atoms with Gasteiger partial charge in [0, 0.05) is 56.4 Å². The fourth-order valence-electron chi connectivity index (χ4n) is 7.92. The molecule has 0 spiro atoms. The number of benzene rings is 2. The highest BCUT2D eigenvalue weighted by molar-refractivity contribution is 6.05. The number of nitrogens with one attached hydrogen (secondary N) is 2. The van der Waals surface area contributed by atoms with E-state index in [1.807, 2.05) is 39.8 Å². The Kier molecular flexibility index (Phi) is 11.0. The van der Waals surface area contributed by atoms with Crippen LogP contribution in [-0.2, 0) is 26.2 Å². The number of primary amides is 2. The Morgan fingerprint density at radius 3 is 1.57 bits per heavy atom. The number of carbonyl (C=O) groups excluding carboxylic acids is 4. The Hall–Kier alpha value is -7.06. The number of amides is 4. The number of hydrogen-bond acceptors (Lipinski definition) is 12. The van der Waals surface area contributed by atoms with Crippen LogP contribution < -0.4 is 37.3 Å². The maximum absolute atomic E-state index is 13.8. The Bertz CT molecular complexity index is 2570. The van der Waals surface area contributed by atoms with Gasteiger partial charge in [-0.05, 0) is 70.5 Å². The Balaban J connectivity index is 1.27. The maximum Gasteiger partial charge on any atom is 0.276 e. The molecule has 0 aliphatic carbocycles. The molecule has 6 aromatic rings. The number of nitrogens with zero attached hydrogens (tertiary/aromatic N) is 9. The first-order chi connectivity index (χ1) is 29.3. The van der Waals surface area contributed by atoms with E-state index in [1.54, 1.807) is 54.9 Å². The monoisotopic (exact) mass is 832 g/mol. The number of ether oxygens (including phenoxy) is 2. The van der Waals surface area contributed by atoms with Gasteiger partial charge in [-0.15, -0.1) is 0 Å². The van der Waals surface area contributed by atoms with Gasteiger partial charge >= 0.3 is 0 Å². The van der Waals surface area contributed by atoms with Crippen LogP contribution in [0.25, 0.3) is 22.1 Å². The topological polar surface area (TPSA) is 263 Å². The summed E-state index contributed by atoms with van der Waals surface area (Å²) in [6.45, 7) is 10.1. The largest absolute Gasteiger partial charge is 0.490 e. The minimum Gasteiger partial charge on any atom is -0.490 e. The van der Waals surface area contributed by atoms with E-state index in [-0.39, 0.29) is 55.4 Å². The summed E-state index contributed by atoms with van der Waals surface area (Å²) < 4.78 is 20.0. The van der Waals surface area contributed by atoms with Crippen molar-refractivity contribution in [3.8, 4) is 11.5 Å². The molecule has 2 aromatic carbocycles. The molecular weight excluding hydrogens is 785 g/mol. The Morgan fingerprint density at radius 2 is 1.18 bits per heavy atom. The molecule has 4 aromatic heterocycles. The first kappa shape index (κ1) is 40.7. The number of carbonyl (C=O) groups is 4. The highest BCUT2D eigenvalue weighted by Crippen LogP contribution is 2.34. The van der Waals surface area contributed by atoms with Crippen LogP contribution in [0.1, 0.15) is 73.3 Å². The van der Waals surface area contributed by atoms with Crippen molar-refractivity contribution in [1.82, 2.24) is 43.6 Å². The zero-order chi connectivity index (χ0) is 43.1. The number of hydrogen-bond donors (Lipinski definition) is 5. The van der Waals surface area contributed by atoms with Gasteiger partial charge in [0.05, 0.1) is 28.5 Å². The number of aromatic nitrogens is 8. The van der Waals surface area contributed by atoms with Crippen LogP contribution in [0.5, 0.6) is 11.5 Å². The first-order valence-electron chi connectivity index (χ1n) is 20.1. The number of likely N-dealkylation sites (tertiary alicyclic amines) is 1. The normalized spacial score (nSPS) is 16.8. The molecule has 1 saturated heterocycles. The molecule has 20 nitrogen and oxygen atoms in total. The fourth-order valence-corrected chi connectivity index (χ4v) is 7.92. The second-order valence-electron chi connectivity index (χ2n) is 15.2. The van der Waals surface area contributed by atoms with Gasteiger partial charge in [0.2, 0.25) is 23.7 Å². The highest BCUT2D eigenvalue weighted by Gasteiger charge is 2.30. The van der Waals surface area contributed by atoms with E-state index in [4.69, 9.17) is 36.6 Å². The van der Waals surface area contributed by atoms with Crippen molar-refractivity contribution in [2.45, 2.75) is 72.4 Å². The van der Waals surface area contributed by atoms with Gasteiger partial charge in [0.15, 0.2) is 0 Å². The molecule has 61 heavy (non-hydrogen) atoms. The first-order valence-corrected chi connectivity index (χ1v) is 20.1. The molecule has 8 N–H and O–H groups in total. The number of anilines is 2. The molecule has 0 saturated carbocycles. The predicted octanol–water partition coefficient (Wildman–Crippen LogP) is 2.57.